The van der Waals surface area contributed by atoms with Gasteiger partial charge in [0.25, 0.3) is 0 Å². The smallest absolute Gasteiger partial charge is 0.124 e. The van der Waals surface area contributed by atoms with Crippen LogP contribution >= 0.6 is 0 Å². The van der Waals surface area contributed by atoms with Crippen LogP contribution in [0.3, 0.4) is 0 Å². The highest BCUT2D eigenvalue weighted by atomic mass is 19.1. The zero-order valence-corrected chi connectivity index (χ0v) is 10.6. The average Bonchev–Trinajstić information content (AvgIpc) is 2.41. The predicted molar refractivity (Wildman–Crippen MR) is 68.5 cm³/mol. The molecule has 1 aromatic rings. The van der Waals surface area contributed by atoms with E-state index < -0.39 is 0 Å². The number of likely N-dealkylation sites (N-methyl/N-ethyl adjacent to an activating group) is 1. The van der Waals surface area contributed by atoms with Crippen molar-refractivity contribution in [3.05, 3.63) is 35.1 Å². The van der Waals surface area contributed by atoms with Crippen molar-refractivity contribution in [2.24, 2.45) is 0 Å². The summed E-state index contributed by atoms with van der Waals surface area (Å²) in [5, 5.41) is 12.3. The molecule has 2 rings (SSSR count). The summed E-state index contributed by atoms with van der Waals surface area (Å²) in [6.07, 6.45) is 2.36. The topological polar surface area (TPSA) is 39.1 Å². The lowest BCUT2D eigenvalue weighted by molar-refractivity contribution is 0.188. The molecule has 4 heteroatoms. The highest BCUT2D eigenvalue weighted by Crippen LogP contribution is 2.17. The molecule has 1 fully saturated rings. The predicted octanol–water partition coefficient (Wildman–Crippen LogP) is 1.88. The minimum Gasteiger partial charge on any atom is -0.316 e. The molecule has 0 aromatic heterocycles. The largest absolute Gasteiger partial charge is 0.316 e. The van der Waals surface area contributed by atoms with Crippen molar-refractivity contribution in [2.45, 2.75) is 25.4 Å². The molecule has 0 amide bonds. The van der Waals surface area contributed by atoms with E-state index in [0.717, 1.165) is 31.6 Å². The summed E-state index contributed by atoms with van der Waals surface area (Å²) >= 11 is 0. The summed E-state index contributed by atoms with van der Waals surface area (Å²) in [7, 11) is 1.98. The van der Waals surface area contributed by atoms with Crippen LogP contribution in [0.1, 0.15) is 24.0 Å². The van der Waals surface area contributed by atoms with E-state index in [-0.39, 0.29) is 5.82 Å². The fraction of sp³-hybridized carbons (Fsp3) is 0.500. The molecule has 96 valence electrons. The Bertz CT molecular complexity index is 453. The van der Waals surface area contributed by atoms with E-state index in [1.807, 2.05) is 7.05 Å². The van der Waals surface area contributed by atoms with Crippen LogP contribution in [0.2, 0.25) is 0 Å². The van der Waals surface area contributed by atoms with Crippen LogP contribution < -0.4 is 5.32 Å². The molecule has 1 saturated heterocycles. The lowest BCUT2D eigenvalue weighted by Crippen LogP contribution is -2.43. The monoisotopic (exact) mass is 247 g/mol. The third kappa shape index (κ3) is 3.06. The molecule has 1 heterocycles. The molecule has 0 bridgehead atoms. The van der Waals surface area contributed by atoms with Crippen molar-refractivity contribution < 1.29 is 4.39 Å². The van der Waals surface area contributed by atoms with Gasteiger partial charge < -0.3 is 5.32 Å². The van der Waals surface area contributed by atoms with Crippen LogP contribution in [-0.2, 0) is 6.54 Å². The van der Waals surface area contributed by atoms with Gasteiger partial charge in [-0.05, 0) is 44.1 Å². The molecule has 0 spiro atoms. The summed E-state index contributed by atoms with van der Waals surface area (Å²) in [4.78, 5) is 2.32. The van der Waals surface area contributed by atoms with Crippen molar-refractivity contribution in [3.63, 3.8) is 0 Å². The summed E-state index contributed by atoms with van der Waals surface area (Å²) in [6, 6.07) is 7.05. The van der Waals surface area contributed by atoms with E-state index in [0.29, 0.717) is 11.6 Å². The first-order chi connectivity index (χ1) is 8.72. The van der Waals surface area contributed by atoms with Gasteiger partial charge in [0, 0.05) is 19.1 Å². The van der Waals surface area contributed by atoms with Crippen LogP contribution in [0.5, 0.6) is 0 Å². The highest BCUT2D eigenvalue weighted by molar-refractivity contribution is 5.37. The summed E-state index contributed by atoms with van der Waals surface area (Å²) in [5.74, 6) is -0.345. The lowest BCUT2D eigenvalue weighted by atomic mass is 10.0. The number of hydrogen-bond acceptors (Lipinski definition) is 3. The summed E-state index contributed by atoms with van der Waals surface area (Å²) < 4.78 is 13.1. The Morgan fingerprint density at radius 1 is 1.56 bits per heavy atom. The molecule has 1 aliphatic rings. The van der Waals surface area contributed by atoms with Crippen molar-refractivity contribution in [2.75, 3.05) is 20.1 Å². The molecule has 0 aliphatic carbocycles. The van der Waals surface area contributed by atoms with E-state index in [1.165, 1.54) is 18.6 Å². The van der Waals surface area contributed by atoms with E-state index in [2.05, 4.69) is 16.3 Å². The zero-order valence-electron chi connectivity index (χ0n) is 10.6. The van der Waals surface area contributed by atoms with Gasteiger partial charge in [-0.25, -0.2) is 4.39 Å². The fourth-order valence-electron chi connectivity index (χ4n) is 2.47. The van der Waals surface area contributed by atoms with Gasteiger partial charge in [-0.15, -0.1) is 0 Å². The van der Waals surface area contributed by atoms with E-state index in [1.54, 1.807) is 6.07 Å². The first-order valence-corrected chi connectivity index (χ1v) is 6.31. The SMILES string of the molecule is CNC1CCCN(Cc2ccc(F)cc2C#N)C1. The van der Waals surface area contributed by atoms with Crippen LogP contribution in [0.15, 0.2) is 18.2 Å². The number of likely N-dealkylation sites (tertiary alicyclic amines) is 1. The number of nitrogens with one attached hydrogen (secondary N) is 1. The molecule has 1 atom stereocenters. The van der Waals surface area contributed by atoms with Gasteiger partial charge in [-0.3, -0.25) is 4.90 Å². The minimum atomic E-state index is -0.345. The van der Waals surface area contributed by atoms with E-state index in [4.69, 9.17) is 5.26 Å². The Morgan fingerprint density at radius 3 is 3.11 bits per heavy atom. The second-order valence-electron chi connectivity index (χ2n) is 4.78. The molecular formula is C14H18FN3. The average molecular weight is 247 g/mol. The summed E-state index contributed by atoms with van der Waals surface area (Å²) in [5.41, 5.74) is 1.36. The Hall–Kier alpha value is -1.44. The second-order valence-corrected chi connectivity index (χ2v) is 4.78. The van der Waals surface area contributed by atoms with Gasteiger partial charge in [0.05, 0.1) is 11.6 Å². The number of halogens is 1. The molecule has 1 aromatic carbocycles. The van der Waals surface area contributed by atoms with E-state index >= 15 is 0 Å². The molecule has 0 saturated carbocycles. The molecule has 3 nitrogen and oxygen atoms in total. The number of hydrogen-bond donors (Lipinski definition) is 1. The van der Waals surface area contributed by atoms with Crippen molar-refractivity contribution >= 4 is 0 Å². The number of piperidine rings is 1. The molecule has 1 unspecified atom stereocenters. The highest BCUT2D eigenvalue weighted by Gasteiger charge is 2.19. The van der Waals surface area contributed by atoms with Gasteiger partial charge in [0.2, 0.25) is 0 Å². The van der Waals surface area contributed by atoms with E-state index in [9.17, 15) is 4.39 Å². The number of rotatable bonds is 3. The second kappa shape index (κ2) is 5.94. The van der Waals surface area contributed by atoms with Crippen molar-refractivity contribution in [1.29, 1.82) is 5.26 Å². The van der Waals surface area contributed by atoms with Crippen LogP contribution in [0.25, 0.3) is 0 Å². The van der Waals surface area contributed by atoms with Crippen molar-refractivity contribution in [1.82, 2.24) is 10.2 Å². The number of nitrogens with zero attached hydrogens (tertiary/aromatic N) is 2. The maximum absolute atomic E-state index is 13.1. The Balaban J connectivity index is 2.07. The third-order valence-electron chi connectivity index (χ3n) is 3.50. The van der Waals surface area contributed by atoms with Gasteiger partial charge in [-0.2, -0.15) is 5.26 Å². The Kier molecular flexibility index (Phi) is 4.29. The van der Waals surface area contributed by atoms with Gasteiger partial charge >= 0.3 is 0 Å². The first-order valence-electron chi connectivity index (χ1n) is 6.31. The van der Waals surface area contributed by atoms with Crippen LogP contribution in [-0.4, -0.2) is 31.1 Å². The van der Waals surface area contributed by atoms with Crippen molar-refractivity contribution in [3.8, 4) is 6.07 Å². The first kappa shape index (κ1) is 13.0. The Labute approximate surface area is 107 Å². The lowest BCUT2D eigenvalue weighted by Gasteiger charge is -2.32. The zero-order chi connectivity index (χ0) is 13.0. The number of benzene rings is 1. The maximum Gasteiger partial charge on any atom is 0.124 e. The third-order valence-corrected chi connectivity index (χ3v) is 3.50. The normalized spacial score (nSPS) is 20.6. The van der Waals surface area contributed by atoms with Crippen LogP contribution in [0, 0.1) is 17.1 Å². The Morgan fingerprint density at radius 2 is 2.39 bits per heavy atom. The molecule has 18 heavy (non-hydrogen) atoms. The molecular weight excluding hydrogens is 229 g/mol. The molecule has 0 radical (unpaired) electrons. The minimum absolute atomic E-state index is 0.345. The standard InChI is InChI=1S/C14H18FN3/c1-17-14-3-2-6-18(10-14)9-11-4-5-13(15)7-12(11)8-16/h4-5,7,14,17H,2-3,6,9-10H2,1H3. The maximum atomic E-state index is 13.1. The quantitative estimate of drug-likeness (QED) is 0.886. The number of nitriles is 1. The van der Waals surface area contributed by atoms with Gasteiger partial charge in [-0.1, -0.05) is 6.07 Å². The van der Waals surface area contributed by atoms with Gasteiger partial charge in [0.1, 0.15) is 5.82 Å². The molecule has 1 N–H and O–H groups in total. The summed E-state index contributed by atoms with van der Waals surface area (Å²) in [6.45, 7) is 2.75. The fourth-order valence-corrected chi connectivity index (χ4v) is 2.47. The van der Waals surface area contributed by atoms with Crippen LogP contribution in [0.4, 0.5) is 4.39 Å². The molecule has 1 aliphatic heterocycles. The van der Waals surface area contributed by atoms with Gasteiger partial charge in [0.15, 0.2) is 0 Å².